The van der Waals surface area contributed by atoms with Crippen LogP contribution in [0.25, 0.3) is 0 Å². The van der Waals surface area contributed by atoms with Crippen molar-refractivity contribution in [3.05, 3.63) is 24.3 Å². The Bertz CT molecular complexity index is 745. The number of ether oxygens (including phenoxy) is 3. The molecule has 2 heterocycles. The minimum atomic E-state index is -0.533. The molecule has 0 aliphatic carbocycles. The number of rotatable bonds is 5. The van der Waals surface area contributed by atoms with Gasteiger partial charge in [-0.25, -0.2) is 4.79 Å². The van der Waals surface area contributed by atoms with Gasteiger partial charge in [-0.05, 0) is 65.0 Å². The number of methoxy groups -OCH3 is 1. The van der Waals surface area contributed by atoms with E-state index in [1.165, 1.54) is 0 Å². The van der Waals surface area contributed by atoms with Crippen molar-refractivity contribution in [2.24, 2.45) is 0 Å². The van der Waals surface area contributed by atoms with E-state index in [1.807, 2.05) is 42.7 Å². The van der Waals surface area contributed by atoms with Crippen molar-refractivity contribution < 1.29 is 23.8 Å². The molecule has 30 heavy (non-hydrogen) atoms. The van der Waals surface area contributed by atoms with Crippen LogP contribution in [0.3, 0.4) is 0 Å². The topological polar surface area (TPSA) is 68.3 Å². The first-order chi connectivity index (χ1) is 14.3. The van der Waals surface area contributed by atoms with E-state index in [-0.39, 0.29) is 30.7 Å². The first-order valence-electron chi connectivity index (χ1n) is 10.8. The largest absolute Gasteiger partial charge is 0.493 e. The highest BCUT2D eigenvalue weighted by Crippen LogP contribution is 2.31. The predicted octanol–water partition coefficient (Wildman–Crippen LogP) is 3.85. The molecule has 2 aliphatic rings. The highest BCUT2D eigenvalue weighted by molar-refractivity contribution is 5.78. The Hall–Kier alpha value is -2.44. The van der Waals surface area contributed by atoms with E-state index in [0.29, 0.717) is 24.6 Å². The van der Waals surface area contributed by atoms with Gasteiger partial charge in [-0.2, -0.15) is 0 Å². The van der Waals surface area contributed by atoms with E-state index < -0.39 is 5.60 Å². The summed E-state index contributed by atoms with van der Waals surface area (Å²) >= 11 is 0. The highest BCUT2D eigenvalue weighted by atomic mass is 16.6. The van der Waals surface area contributed by atoms with Gasteiger partial charge in [-0.15, -0.1) is 0 Å². The number of nitrogens with zero attached hydrogens (tertiary/aromatic N) is 2. The summed E-state index contributed by atoms with van der Waals surface area (Å²) in [5.74, 6) is 1.10. The lowest BCUT2D eigenvalue weighted by atomic mass is 9.94. The number of piperidine rings is 1. The van der Waals surface area contributed by atoms with Crippen molar-refractivity contribution in [1.29, 1.82) is 0 Å². The summed E-state index contributed by atoms with van der Waals surface area (Å²) in [6.45, 7) is 6.95. The van der Waals surface area contributed by atoms with Gasteiger partial charge in [-0.1, -0.05) is 12.1 Å². The number of carbonyl (C=O) groups excluding carboxylic acids is 2. The normalized spacial score (nSPS) is 22.0. The standard InChI is InChI=1S/C23H34N2O5/c1-23(2,3)30-22(27)25-15-9-11-18(25)17-10-7-8-14-24(17)21(26)16-29-20-13-6-5-12-19(20)28-4/h5-6,12-13,17-18H,7-11,14-16H2,1-4H3/t17-,18-/m0/s1. The van der Waals surface area contributed by atoms with Crippen molar-refractivity contribution in [2.75, 3.05) is 26.8 Å². The van der Waals surface area contributed by atoms with Crippen LogP contribution in [-0.4, -0.2) is 66.3 Å². The Morgan fingerprint density at radius 2 is 1.60 bits per heavy atom. The smallest absolute Gasteiger partial charge is 0.410 e. The zero-order valence-electron chi connectivity index (χ0n) is 18.6. The Morgan fingerprint density at radius 1 is 0.967 bits per heavy atom. The molecule has 0 N–H and O–H groups in total. The van der Waals surface area contributed by atoms with Crippen LogP contribution in [0.15, 0.2) is 24.3 Å². The van der Waals surface area contributed by atoms with E-state index in [1.54, 1.807) is 19.2 Å². The quantitative estimate of drug-likeness (QED) is 0.726. The predicted molar refractivity (Wildman–Crippen MR) is 114 cm³/mol. The van der Waals surface area contributed by atoms with Crippen molar-refractivity contribution >= 4 is 12.0 Å². The second-order valence-electron chi connectivity index (χ2n) is 8.97. The fourth-order valence-electron chi connectivity index (χ4n) is 4.37. The molecule has 1 aromatic carbocycles. The molecule has 2 fully saturated rings. The number of hydrogen-bond donors (Lipinski definition) is 0. The van der Waals surface area contributed by atoms with Crippen LogP contribution in [0.4, 0.5) is 4.79 Å². The lowest BCUT2D eigenvalue weighted by Crippen LogP contribution is -2.56. The molecule has 0 spiro atoms. The molecular formula is C23H34N2O5. The second-order valence-corrected chi connectivity index (χ2v) is 8.97. The fraction of sp³-hybridized carbons (Fsp3) is 0.652. The lowest BCUT2D eigenvalue weighted by Gasteiger charge is -2.42. The maximum absolute atomic E-state index is 13.1. The molecule has 7 heteroatoms. The summed E-state index contributed by atoms with van der Waals surface area (Å²) in [6.07, 6.45) is 4.45. The minimum absolute atomic E-state index is 0.00235. The summed E-state index contributed by atoms with van der Waals surface area (Å²) in [5, 5.41) is 0. The average molecular weight is 419 g/mol. The van der Waals surface area contributed by atoms with E-state index in [0.717, 1.165) is 32.1 Å². The number of benzene rings is 1. The van der Waals surface area contributed by atoms with Crippen molar-refractivity contribution in [3.8, 4) is 11.5 Å². The first-order valence-corrected chi connectivity index (χ1v) is 10.8. The van der Waals surface area contributed by atoms with Crippen LogP contribution in [0.2, 0.25) is 0 Å². The maximum atomic E-state index is 13.1. The van der Waals surface area contributed by atoms with Crippen LogP contribution in [0, 0.1) is 0 Å². The Morgan fingerprint density at radius 3 is 2.30 bits per heavy atom. The number of likely N-dealkylation sites (tertiary alicyclic amines) is 2. The van der Waals surface area contributed by atoms with Gasteiger partial charge in [0.15, 0.2) is 18.1 Å². The van der Waals surface area contributed by atoms with Crippen LogP contribution >= 0.6 is 0 Å². The third-order valence-corrected chi connectivity index (χ3v) is 5.66. The molecule has 2 aliphatic heterocycles. The van der Waals surface area contributed by atoms with Crippen molar-refractivity contribution in [2.45, 2.75) is 70.6 Å². The molecule has 0 saturated carbocycles. The average Bonchev–Trinajstić information content (AvgIpc) is 3.21. The molecule has 2 atom stereocenters. The SMILES string of the molecule is COc1ccccc1OCC(=O)N1CCCC[C@H]1[C@@H]1CCCN1C(=O)OC(C)(C)C. The van der Waals surface area contributed by atoms with Crippen molar-refractivity contribution in [1.82, 2.24) is 9.80 Å². The molecule has 0 aromatic heterocycles. The third kappa shape index (κ3) is 5.37. The lowest BCUT2D eigenvalue weighted by molar-refractivity contribution is -0.138. The molecule has 1 aromatic rings. The number of amides is 2. The summed E-state index contributed by atoms with van der Waals surface area (Å²) in [7, 11) is 1.58. The maximum Gasteiger partial charge on any atom is 0.410 e. The van der Waals surface area contributed by atoms with Gasteiger partial charge < -0.3 is 24.0 Å². The van der Waals surface area contributed by atoms with Crippen LogP contribution in [0.1, 0.15) is 52.9 Å². The molecule has 3 rings (SSSR count). The molecule has 0 bridgehead atoms. The third-order valence-electron chi connectivity index (χ3n) is 5.66. The minimum Gasteiger partial charge on any atom is -0.493 e. The number of carbonyl (C=O) groups is 2. The number of hydrogen-bond acceptors (Lipinski definition) is 5. The summed E-state index contributed by atoms with van der Waals surface area (Å²) in [6, 6.07) is 7.31. The molecule has 0 unspecified atom stereocenters. The molecule has 7 nitrogen and oxygen atoms in total. The number of para-hydroxylation sites is 2. The Kier molecular flexibility index (Phi) is 7.10. The van der Waals surface area contributed by atoms with Gasteiger partial charge in [0.25, 0.3) is 5.91 Å². The zero-order valence-corrected chi connectivity index (χ0v) is 18.6. The van der Waals surface area contributed by atoms with Crippen LogP contribution in [0.5, 0.6) is 11.5 Å². The molecule has 166 valence electrons. The highest BCUT2D eigenvalue weighted by Gasteiger charge is 2.41. The van der Waals surface area contributed by atoms with E-state index >= 15 is 0 Å². The van der Waals surface area contributed by atoms with Gasteiger partial charge in [0.05, 0.1) is 19.2 Å². The van der Waals surface area contributed by atoms with E-state index in [4.69, 9.17) is 14.2 Å². The summed E-state index contributed by atoms with van der Waals surface area (Å²) < 4.78 is 16.7. The van der Waals surface area contributed by atoms with Crippen molar-refractivity contribution in [3.63, 3.8) is 0 Å². The van der Waals surface area contributed by atoms with Crippen LogP contribution < -0.4 is 9.47 Å². The monoisotopic (exact) mass is 418 g/mol. The van der Waals surface area contributed by atoms with E-state index in [2.05, 4.69) is 0 Å². The molecular weight excluding hydrogens is 384 g/mol. The zero-order chi connectivity index (χ0) is 21.7. The first kappa shape index (κ1) is 22.2. The Labute approximate surface area is 179 Å². The van der Waals surface area contributed by atoms with Gasteiger partial charge in [0, 0.05) is 13.1 Å². The molecule has 0 radical (unpaired) electrons. The van der Waals surface area contributed by atoms with Crippen LogP contribution in [-0.2, 0) is 9.53 Å². The molecule has 2 amide bonds. The van der Waals surface area contributed by atoms with Gasteiger partial charge in [0.1, 0.15) is 5.60 Å². The summed E-state index contributed by atoms with van der Waals surface area (Å²) in [5.41, 5.74) is -0.533. The Balaban J connectivity index is 1.67. The van der Waals surface area contributed by atoms with E-state index in [9.17, 15) is 9.59 Å². The second kappa shape index (κ2) is 9.58. The fourth-order valence-corrected chi connectivity index (χ4v) is 4.37. The van der Waals surface area contributed by atoms with Gasteiger partial charge in [0.2, 0.25) is 0 Å². The summed E-state index contributed by atoms with van der Waals surface area (Å²) in [4.78, 5) is 29.5. The van der Waals surface area contributed by atoms with Gasteiger partial charge >= 0.3 is 6.09 Å². The van der Waals surface area contributed by atoms with Gasteiger partial charge in [-0.3, -0.25) is 4.79 Å². The molecule has 2 saturated heterocycles.